The van der Waals surface area contributed by atoms with E-state index in [9.17, 15) is 0 Å². The van der Waals surface area contributed by atoms with Crippen LogP contribution in [-0.4, -0.2) is 32.7 Å². The Kier molecular flexibility index (Phi) is 4.36. The number of hydrogen-bond acceptors (Lipinski definition) is 6. The molecule has 3 heterocycles. The van der Waals surface area contributed by atoms with Crippen molar-refractivity contribution in [3.63, 3.8) is 0 Å². The lowest BCUT2D eigenvalue weighted by Gasteiger charge is -2.35. The van der Waals surface area contributed by atoms with Gasteiger partial charge in [-0.15, -0.1) is 0 Å². The number of aryl methyl sites for hydroxylation is 1. The molecule has 0 aromatic heterocycles. The molecular formula is C22H25N7. The molecule has 7 heteroatoms. The molecule has 0 spiro atoms. The molecule has 5 rings (SSSR count). The Labute approximate surface area is 170 Å². The first kappa shape index (κ1) is 18.0. The van der Waals surface area contributed by atoms with Gasteiger partial charge in [-0.05, 0) is 68.4 Å². The summed E-state index contributed by atoms with van der Waals surface area (Å²) in [6, 6.07) is 11.0. The van der Waals surface area contributed by atoms with E-state index >= 15 is 0 Å². The van der Waals surface area contributed by atoms with Crippen molar-refractivity contribution in [2.24, 2.45) is 5.92 Å². The van der Waals surface area contributed by atoms with Gasteiger partial charge in [-0.2, -0.15) is 5.26 Å². The number of nitrogens with one attached hydrogen (secondary N) is 2. The number of aromatic nitrogens is 3. The number of rotatable bonds is 3. The van der Waals surface area contributed by atoms with Gasteiger partial charge >= 0.3 is 0 Å². The van der Waals surface area contributed by atoms with E-state index < -0.39 is 0 Å². The third-order valence-electron chi connectivity index (χ3n) is 6.41. The standard InChI is InChI=1S/C22H25N7/c1-14-11-15(12-23)3-8-19(14)26-17-6-4-16(5-7-17)20-21-18-9-10-24-22(18)25-13-29(21)27-28(20)2/h3,8-11,13,16-17,20,26-27H,4-7H2,1-2H3. The first-order valence-electron chi connectivity index (χ1n) is 10.2. The molecule has 0 saturated heterocycles. The van der Waals surface area contributed by atoms with E-state index in [1.54, 1.807) is 0 Å². The van der Waals surface area contributed by atoms with Crippen LogP contribution in [0.2, 0.25) is 0 Å². The third-order valence-corrected chi connectivity index (χ3v) is 6.41. The van der Waals surface area contributed by atoms with Crippen molar-refractivity contribution in [3.8, 4) is 17.5 Å². The molecule has 4 aliphatic rings. The summed E-state index contributed by atoms with van der Waals surface area (Å²) in [6.45, 7) is 2.06. The van der Waals surface area contributed by atoms with Crippen molar-refractivity contribution in [3.05, 3.63) is 53.6 Å². The molecule has 29 heavy (non-hydrogen) atoms. The largest absolute Gasteiger partial charge is 0.382 e. The van der Waals surface area contributed by atoms with Crippen LogP contribution in [0.5, 0.6) is 0 Å². The van der Waals surface area contributed by atoms with Crippen LogP contribution in [-0.2, 0) is 0 Å². The van der Waals surface area contributed by atoms with Gasteiger partial charge in [0.05, 0.1) is 23.4 Å². The molecule has 1 fully saturated rings. The number of nitriles is 1. The highest BCUT2D eigenvalue weighted by molar-refractivity contribution is 5.61. The first-order chi connectivity index (χ1) is 14.1. The minimum Gasteiger partial charge on any atom is -0.382 e. The molecule has 2 N–H and O–H groups in total. The minimum absolute atomic E-state index is 0.322. The normalized spacial score (nSPS) is 24.1. The van der Waals surface area contributed by atoms with Crippen molar-refractivity contribution >= 4 is 5.69 Å². The van der Waals surface area contributed by atoms with Crippen LogP contribution in [0.25, 0.3) is 11.4 Å². The highest BCUT2D eigenvalue weighted by Gasteiger charge is 2.39. The number of hydrazine groups is 1. The number of benzene rings is 1. The molecule has 1 aromatic carbocycles. The Morgan fingerprint density at radius 2 is 2.00 bits per heavy atom. The fraction of sp³-hybridized carbons (Fsp3) is 0.409. The second-order valence-electron chi connectivity index (χ2n) is 8.24. The Morgan fingerprint density at radius 3 is 2.76 bits per heavy atom. The average Bonchev–Trinajstić information content (AvgIpc) is 3.33. The molecule has 1 unspecified atom stereocenters. The van der Waals surface area contributed by atoms with Crippen molar-refractivity contribution < 1.29 is 0 Å². The van der Waals surface area contributed by atoms with Gasteiger partial charge in [0.1, 0.15) is 6.33 Å². The highest BCUT2D eigenvalue weighted by Crippen LogP contribution is 2.43. The maximum atomic E-state index is 9.06. The van der Waals surface area contributed by atoms with Gasteiger partial charge in [0.15, 0.2) is 5.82 Å². The molecular weight excluding hydrogens is 362 g/mol. The summed E-state index contributed by atoms with van der Waals surface area (Å²) in [4.78, 5) is 8.82. The number of hydrogen-bond donors (Lipinski definition) is 2. The fourth-order valence-electron chi connectivity index (χ4n) is 4.96. The average molecular weight is 387 g/mol. The van der Waals surface area contributed by atoms with Crippen LogP contribution < -0.4 is 10.9 Å². The summed E-state index contributed by atoms with van der Waals surface area (Å²) < 4.78 is 2.04. The zero-order valence-corrected chi connectivity index (χ0v) is 16.8. The summed E-state index contributed by atoms with van der Waals surface area (Å²) in [5, 5.41) is 15.0. The van der Waals surface area contributed by atoms with E-state index in [2.05, 4.69) is 51.9 Å². The van der Waals surface area contributed by atoms with Crippen LogP contribution in [0.15, 0.2) is 36.8 Å². The Bertz CT molecular complexity index is 1040. The van der Waals surface area contributed by atoms with Gasteiger partial charge in [-0.1, -0.05) is 0 Å². The fourth-order valence-corrected chi connectivity index (χ4v) is 4.96. The zero-order chi connectivity index (χ0) is 20.0. The third kappa shape index (κ3) is 3.10. The highest BCUT2D eigenvalue weighted by atomic mass is 15.7. The molecule has 1 saturated carbocycles. The SMILES string of the molecule is Cc1cc(C#N)ccc1NC1CCC(C2c3c4ccnc-4ncn3NN2C)CC1. The van der Waals surface area contributed by atoms with Crippen LogP contribution >= 0.6 is 0 Å². The van der Waals surface area contributed by atoms with Gasteiger partial charge < -0.3 is 5.32 Å². The molecule has 1 aliphatic carbocycles. The molecule has 7 nitrogen and oxygen atoms in total. The van der Waals surface area contributed by atoms with Gasteiger partial charge in [0, 0.05) is 30.5 Å². The van der Waals surface area contributed by atoms with E-state index in [0.717, 1.165) is 35.5 Å². The second-order valence-corrected chi connectivity index (χ2v) is 8.24. The van der Waals surface area contributed by atoms with Crippen LogP contribution in [0, 0.1) is 24.2 Å². The summed E-state index contributed by atoms with van der Waals surface area (Å²) in [7, 11) is 2.12. The van der Waals surface area contributed by atoms with Crippen molar-refractivity contribution in [1.29, 1.82) is 5.26 Å². The quantitative estimate of drug-likeness (QED) is 0.713. The Balaban J connectivity index is 1.30. The number of fused-ring (bicyclic) bond motifs is 3. The summed E-state index contributed by atoms with van der Waals surface area (Å²) in [5.41, 5.74) is 8.82. The summed E-state index contributed by atoms with van der Waals surface area (Å²) in [5.74, 6) is 1.41. The molecule has 0 bridgehead atoms. The lowest BCUT2D eigenvalue weighted by molar-refractivity contribution is 0.178. The summed E-state index contributed by atoms with van der Waals surface area (Å²) >= 11 is 0. The maximum absolute atomic E-state index is 9.06. The van der Waals surface area contributed by atoms with E-state index in [0.29, 0.717) is 23.6 Å². The molecule has 148 valence electrons. The van der Waals surface area contributed by atoms with E-state index in [4.69, 9.17) is 5.26 Å². The second kappa shape index (κ2) is 7.05. The maximum Gasteiger partial charge on any atom is 0.162 e. The van der Waals surface area contributed by atoms with Crippen LogP contribution in [0.3, 0.4) is 0 Å². The van der Waals surface area contributed by atoms with Gasteiger partial charge in [-0.3, -0.25) is 5.53 Å². The Morgan fingerprint density at radius 1 is 1.17 bits per heavy atom. The van der Waals surface area contributed by atoms with E-state index in [-0.39, 0.29) is 0 Å². The predicted octanol–water partition coefficient (Wildman–Crippen LogP) is 3.68. The molecule has 1 aromatic rings. The van der Waals surface area contributed by atoms with Gasteiger partial charge in [-0.25, -0.2) is 19.7 Å². The lowest BCUT2D eigenvalue weighted by Crippen LogP contribution is -2.34. The topological polar surface area (TPSA) is 81.8 Å². The smallest absolute Gasteiger partial charge is 0.162 e. The van der Waals surface area contributed by atoms with Gasteiger partial charge in [0.25, 0.3) is 0 Å². The molecule has 1 atom stereocenters. The monoisotopic (exact) mass is 387 g/mol. The van der Waals surface area contributed by atoms with Crippen molar-refractivity contribution in [2.45, 2.75) is 44.7 Å². The van der Waals surface area contributed by atoms with Gasteiger partial charge in [0.2, 0.25) is 0 Å². The van der Waals surface area contributed by atoms with Crippen LogP contribution in [0.4, 0.5) is 5.69 Å². The lowest BCUT2D eigenvalue weighted by atomic mass is 9.79. The zero-order valence-electron chi connectivity index (χ0n) is 16.8. The number of anilines is 1. The van der Waals surface area contributed by atoms with E-state index in [1.807, 2.05) is 35.4 Å². The molecule has 3 aliphatic heterocycles. The van der Waals surface area contributed by atoms with Crippen molar-refractivity contribution in [2.75, 3.05) is 17.9 Å². The number of nitrogens with zero attached hydrogens (tertiary/aromatic N) is 5. The van der Waals surface area contributed by atoms with E-state index in [1.165, 1.54) is 18.5 Å². The molecule has 0 amide bonds. The van der Waals surface area contributed by atoms with Crippen molar-refractivity contribution in [1.82, 2.24) is 19.7 Å². The first-order valence-corrected chi connectivity index (χ1v) is 10.2. The summed E-state index contributed by atoms with van der Waals surface area (Å²) in [6.07, 6.45) is 8.30. The Hall–Kier alpha value is -3.11. The predicted molar refractivity (Wildman–Crippen MR) is 112 cm³/mol. The minimum atomic E-state index is 0.322. The molecule has 0 radical (unpaired) electrons. The van der Waals surface area contributed by atoms with Crippen LogP contribution in [0.1, 0.15) is 48.5 Å².